The Morgan fingerprint density at radius 3 is 2.80 bits per heavy atom. The van der Waals surface area contributed by atoms with Crippen molar-refractivity contribution in [1.29, 1.82) is 0 Å². The molecule has 1 amide bonds. The van der Waals surface area contributed by atoms with E-state index in [-0.39, 0.29) is 23.1 Å². The van der Waals surface area contributed by atoms with Crippen LogP contribution in [-0.2, 0) is 4.79 Å². The number of hydrogen-bond donors (Lipinski definition) is 1. The number of carbonyl (C=O) groups excluding carboxylic acids is 1. The molecule has 1 N–H and O–H groups in total. The molecule has 0 aromatic heterocycles. The molecule has 106 valence electrons. The Labute approximate surface area is 118 Å². The lowest BCUT2D eigenvalue weighted by Crippen LogP contribution is -2.22. The Hall–Kier alpha value is -1.71. The summed E-state index contributed by atoms with van der Waals surface area (Å²) in [5.74, 6) is 0.409. The normalized spacial score (nSPS) is 31.9. The van der Waals surface area contributed by atoms with Gasteiger partial charge in [-0.15, -0.1) is 0 Å². The minimum atomic E-state index is -0.277. The van der Waals surface area contributed by atoms with Crippen LogP contribution in [0, 0.1) is 23.1 Å². The van der Waals surface area contributed by atoms with E-state index in [1.54, 1.807) is 18.3 Å². The van der Waals surface area contributed by atoms with Crippen LogP contribution in [0.1, 0.15) is 38.2 Å². The lowest BCUT2D eigenvalue weighted by molar-refractivity contribution is -0.123. The molecule has 0 heterocycles. The number of carbonyl (C=O) groups is 1. The number of nitrogens with one attached hydrogen (secondary N) is 1. The van der Waals surface area contributed by atoms with Crippen molar-refractivity contribution in [3.05, 3.63) is 35.6 Å². The standard InChI is InChI=1S/C16H19FN2O/c1-16-9-3-2-4-13(16)14(16)15(20)19-18-10-11-5-7-12(17)8-6-11/h5-8,10,13-14H,2-4,9H2,1H3,(H,19,20)/b18-10-/t13-,14+,16-/m0/s1. The first-order chi connectivity index (χ1) is 9.61. The molecule has 3 atom stereocenters. The van der Waals surface area contributed by atoms with Crippen LogP contribution in [0.15, 0.2) is 29.4 Å². The smallest absolute Gasteiger partial charge is 0.244 e. The first-order valence-electron chi connectivity index (χ1n) is 7.20. The zero-order valence-corrected chi connectivity index (χ0v) is 11.6. The van der Waals surface area contributed by atoms with Gasteiger partial charge in [-0.1, -0.05) is 31.9 Å². The van der Waals surface area contributed by atoms with Gasteiger partial charge in [0.1, 0.15) is 5.82 Å². The average molecular weight is 274 g/mol. The molecule has 0 saturated heterocycles. The Morgan fingerprint density at radius 2 is 2.15 bits per heavy atom. The summed E-state index contributed by atoms with van der Waals surface area (Å²) in [6.45, 7) is 2.21. The topological polar surface area (TPSA) is 41.5 Å². The van der Waals surface area contributed by atoms with Gasteiger partial charge in [-0.2, -0.15) is 5.10 Å². The fraction of sp³-hybridized carbons (Fsp3) is 0.500. The molecule has 1 aromatic rings. The summed E-state index contributed by atoms with van der Waals surface area (Å²) >= 11 is 0. The molecule has 2 saturated carbocycles. The molecule has 2 aliphatic rings. The van der Waals surface area contributed by atoms with Gasteiger partial charge in [0.2, 0.25) is 5.91 Å². The molecule has 0 spiro atoms. The van der Waals surface area contributed by atoms with Crippen LogP contribution in [-0.4, -0.2) is 12.1 Å². The molecule has 4 heteroatoms. The monoisotopic (exact) mass is 274 g/mol. The van der Waals surface area contributed by atoms with Crippen LogP contribution in [0.25, 0.3) is 0 Å². The largest absolute Gasteiger partial charge is 0.273 e. The predicted molar refractivity (Wildman–Crippen MR) is 75.7 cm³/mol. The van der Waals surface area contributed by atoms with Gasteiger partial charge >= 0.3 is 0 Å². The Morgan fingerprint density at radius 1 is 1.40 bits per heavy atom. The first kappa shape index (κ1) is 13.3. The molecule has 0 radical (unpaired) electrons. The van der Waals surface area contributed by atoms with Crippen LogP contribution < -0.4 is 5.43 Å². The highest BCUT2D eigenvalue weighted by Gasteiger charge is 2.64. The molecule has 3 rings (SSSR count). The molecular weight excluding hydrogens is 255 g/mol. The van der Waals surface area contributed by atoms with Crippen LogP contribution >= 0.6 is 0 Å². The number of benzene rings is 1. The van der Waals surface area contributed by atoms with Crippen LogP contribution in [0.3, 0.4) is 0 Å². The highest BCUT2D eigenvalue weighted by atomic mass is 19.1. The van der Waals surface area contributed by atoms with Gasteiger partial charge in [0.25, 0.3) is 0 Å². The van der Waals surface area contributed by atoms with Gasteiger partial charge in [0, 0.05) is 5.92 Å². The van der Waals surface area contributed by atoms with E-state index in [2.05, 4.69) is 17.5 Å². The van der Waals surface area contributed by atoms with Gasteiger partial charge in [0.05, 0.1) is 6.21 Å². The van der Waals surface area contributed by atoms with Crippen molar-refractivity contribution < 1.29 is 9.18 Å². The number of hydrazone groups is 1. The van der Waals surface area contributed by atoms with Gasteiger partial charge in [-0.25, -0.2) is 9.82 Å². The number of fused-ring (bicyclic) bond motifs is 1. The van der Waals surface area contributed by atoms with Crippen LogP contribution in [0.4, 0.5) is 4.39 Å². The number of halogens is 1. The second-order valence-electron chi connectivity index (χ2n) is 6.12. The van der Waals surface area contributed by atoms with Gasteiger partial charge in [-0.05, 0) is 41.9 Å². The lowest BCUT2D eigenvalue weighted by atomic mass is 9.90. The quantitative estimate of drug-likeness (QED) is 0.668. The zero-order chi connectivity index (χ0) is 14.2. The van der Waals surface area contributed by atoms with E-state index in [1.165, 1.54) is 25.0 Å². The Kier molecular flexibility index (Phi) is 3.32. The molecule has 3 nitrogen and oxygen atoms in total. The van der Waals surface area contributed by atoms with Crippen LogP contribution in [0.5, 0.6) is 0 Å². The third-order valence-corrected chi connectivity index (χ3v) is 4.87. The summed E-state index contributed by atoms with van der Waals surface area (Å²) in [5.41, 5.74) is 3.60. The van der Waals surface area contributed by atoms with Gasteiger partial charge < -0.3 is 0 Å². The summed E-state index contributed by atoms with van der Waals surface area (Å²) < 4.78 is 12.7. The van der Waals surface area contributed by atoms with E-state index < -0.39 is 0 Å². The van der Waals surface area contributed by atoms with E-state index in [0.29, 0.717) is 5.92 Å². The summed E-state index contributed by atoms with van der Waals surface area (Å²) in [6.07, 6.45) is 6.33. The highest BCUT2D eigenvalue weighted by Crippen LogP contribution is 2.66. The fourth-order valence-corrected chi connectivity index (χ4v) is 3.64. The SMILES string of the molecule is C[C@]12CCCC[C@H]1[C@@H]2C(=O)N/N=C\c1ccc(F)cc1. The van der Waals surface area contributed by atoms with Crippen molar-refractivity contribution in [2.24, 2.45) is 22.4 Å². The predicted octanol–water partition coefficient (Wildman–Crippen LogP) is 3.10. The maximum Gasteiger partial charge on any atom is 0.244 e. The van der Waals surface area contributed by atoms with E-state index in [4.69, 9.17) is 0 Å². The van der Waals surface area contributed by atoms with Gasteiger partial charge in [0.15, 0.2) is 0 Å². The van der Waals surface area contributed by atoms with E-state index in [0.717, 1.165) is 18.4 Å². The van der Waals surface area contributed by atoms with E-state index in [9.17, 15) is 9.18 Å². The minimum Gasteiger partial charge on any atom is -0.273 e. The van der Waals surface area contributed by atoms with E-state index >= 15 is 0 Å². The molecule has 2 aliphatic carbocycles. The van der Waals surface area contributed by atoms with Crippen LogP contribution in [0.2, 0.25) is 0 Å². The molecule has 0 unspecified atom stereocenters. The number of amides is 1. The molecule has 20 heavy (non-hydrogen) atoms. The molecule has 1 aromatic carbocycles. The lowest BCUT2D eigenvalue weighted by Gasteiger charge is -2.15. The van der Waals surface area contributed by atoms with Crippen molar-refractivity contribution in [2.45, 2.75) is 32.6 Å². The highest BCUT2D eigenvalue weighted by molar-refractivity contribution is 5.85. The fourth-order valence-electron chi connectivity index (χ4n) is 3.64. The average Bonchev–Trinajstić information content (AvgIpc) is 3.06. The van der Waals surface area contributed by atoms with E-state index in [1.807, 2.05) is 0 Å². The minimum absolute atomic E-state index is 0.0257. The number of nitrogens with zero attached hydrogens (tertiary/aromatic N) is 1. The third-order valence-electron chi connectivity index (χ3n) is 4.87. The summed E-state index contributed by atoms with van der Waals surface area (Å²) in [7, 11) is 0. The van der Waals surface area contributed by atoms with Crippen molar-refractivity contribution in [3.63, 3.8) is 0 Å². The number of rotatable bonds is 3. The van der Waals surface area contributed by atoms with Crippen molar-refractivity contribution >= 4 is 12.1 Å². The summed E-state index contributed by atoms with van der Waals surface area (Å²) in [5, 5.41) is 3.97. The Bertz CT molecular complexity index is 540. The maximum atomic E-state index is 12.7. The van der Waals surface area contributed by atoms with Crippen molar-refractivity contribution in [2.75, 3.05) is 0 Å². The third kappa shape index (κ3) is 2.35. The number of hydrogen-bond acceptors (Lipinski definition) is 2. The molecule has 2 fully saturated rings. The second-order valence-corrected chi connectivity index (χ2v) is 6.12. The van der Waals surface area contributed by atoms with Gasteiger partial charge in [-0.3, -0.25) is 4.79 Å². The Balaban J connectivity index is 1.56. The first-order valence-corrected chi connectivity index (χ1v) is 7.20. The molecule has 0 bridgehead atoms. The summed E-state index contributed by atoms with van der Waals surface area (Å²) in [4.78, 5) is 12.1. The molecular formula is C16H19FN2O. The van der Waals surface area contributed by atoms with Crippen molar-refractivity contribution in [1.82, 2.24) is 5.43 Å². The summed E-state index contributed by atoms with van der Waals surface area (Å²) in [6, 6.07) is 6.01. The molecule has 0 aliphatic heterocycles. The van der Waals surface area contributed by atoms with Crippen molar-refractivity contribution in [3.8, 4) is 0 Å². The maximum absolute atomic E-state index is 12.7. The second kappa shape index (κ2) is 5.00. The zero-order valence-electron chi connectivity index (χ0n) is 11.6.